The highest BCUT2D eigenvalue weighted by Crippen LogP contribution is 2.41. The number of aromatic nitrogens is 3. The first-order chi connectivity index (χ1) is 14.0. The lowest BCUT2D eigenvalue weighted by atomic mass is 10.1. The second-order valence-corrected chi connectivity index (χ2v) is 7.02. The molecule has 3 aromatic rings. The zero-order chi connectivity index (χ0) is 20.5. The number of cyclic esters (lactones) is 1. The maximum atomic E-state index is 12.4. The fraction of sp³-hybridized carbons (Fsp3) is 0.211. The van der Waals surface area contributed by atoms with E-state index < -0.39 is 12.2 Å². The monoisotopic (exact) mass is 434 g/mol. The van der Waals surface area contributed by atoms with Gasteiger partial charge in [-0.25, -0.2) is 14.5 Å². The van der Waals surface area contributed by atoms with Gasteiger partial charge in [-0.05, 0) is 29.8 Å². The van der Waals surface area contributed by atoms with Gasteiger partial charge in [-0.2, -0.15) is 0 Å². The first-order valence-electron chi connectivity index (χ1n) is 8.56. The molecular formula is C19H16Cl2N4O4. The molecule has 1 aliphatic rings. The predicted molar refractivity (Wildman–Crippen MR) is 107 cm³/mol. The Morgan fingerprint density at radius 1 is 1.17 bits per heavy atom. The highest BCUT2D eigenvalue weighted by atomic mass is 35.5. The fourth-order valence-electron chi connectivity index (χ4n) is 3.09. The van der Waals surface area contributed by atoms with Crippen molar-refractivity contribution in [1.29, 1.82) is 0 Å². The van der Waals surface area contributed by atoms with Crippen molar-refractivity contribution in [2.24, 2.45) is 0 Å². The number of halogens is 2. The molecule has 150 valence electrons. The molecule has 2 aromatic carbocycles. The quantitative estimate of drug-likeness (QED) is 0.587. The average molecular weight is 435 g/mol. The summed E-state index contributed by atoms with van der Waals surface area (Å²) in [5.74, 6) is 0.583. The van der Waals surface area contributed by atoms with Gasteiger partial charge in [0.05, 0.1) is 30.8 Å². The van der Waals surface area contributed by atoms with E-state index in [1.807, 2.05) is 6.07 Å². The smallest absolute Gasteiger partial charge is 0.344 e. The number of rotatable bonds is 6. The van der Waals surface area contributed by atoms with Gasteiger partial charge in [-0.15, -0.1) is 5.10 Å². The van der Waals surface area contributed by atoms with Crippen LogP contribution in [0.1, 0.15) is 27.7 Å². The summed E-state index contributed by atoms with van der Waals surface area (Å²) in [6, 6.07) is 8.81. The number of esters is 1. The lowest BCUT2D eigenvalue weighted by Gasteiger charge is -2.12. The zero-order valence-corrected chi connectivity index (χ0v) is 17.0. The third-order valence-corrected chi connectivity index (χ3v) is 5.15. The lowest BCUT2D eigenvalue weighted by Crippen LogP contribution is -2.12. The molecule has 0 bridgehead atoms. The molecule has 1 aliphatic heterocycles. The summed E-state index contributed by atoms with van der Waals surface area (Å²) in [6.45, 7) is 0.456. The van der Waals surface area contributed by atoms with Crippen molar-refractivity contribution in [3.8, 4) is 11.5 Å². The van der Waals surface area contributed by atoms with Gasteiger partial charge in [0.1, 0.15) is 11.9 Å². The number of fused-ring (bicyclic) bond motifs is 1. The Balaban J connectivity index is 1.53. The molecule has 0 radical (unpaired) electrons. The molecule has 0 aliphatic carbocycles. The molecule has 0 spiro atoms. The van der Waals surface area contributed by atoms with Crippen LogP contribution in [0.5, 0.6) is 11.5 Å². The van der Waals surface area contributed by atoms with Crippen molar-refractivity contribution in [3.63, 3.8) is 0 Å². The van der Waals surface area contributed by atoms with Crippen LogP contribution in [0.2, 0.25) is 10.0 Å². The van der Waals surface area contributed by atoms with E-state index in [1.165, 1.54) is 14.2 Å². The normalized spacial score (nSPS) is 15.0. The van der Waals surface area contributed by atoms with Crippen LogP contribution in [0.25, 0.3) is 0 Å². The van der Waals surface area contributed by atoms with Gasteiger partial charge in [-0.3, -0.25) is 0 Å². The molecule has 1 N–H and O–H groups in total. The van der Waals surface area contributed by atoms with Crippen molar-refractivity contribution in [3.05, 3.63) is 63.4 Å². The summed E-state index contributed by atoms with van der Waals surface area (Å²) in [7, 11) is 2.98. The van der Waals surface area contributed by atoms with E-state index in [0.29, 0.717) is 45.2 Å². The Labute approximate surface area is 176 Å². The van der Waals surface area contributed by atoms with Crippen molar-refractivity contribution in [1.82, 2.24) is 14.8 Å². The predicted octanol–water partition coefficient (Wildman–Crippen LogP) is 3.93. The summed E-state index contributed by atoms with van der Waals surface area (Å²) >= 11 is 12.0. The molecule has 8 nitrogen and oxygen atoms in total. The van der Waals surface area contributed by atoms with Crippen LogP contribution in [-0.2, 0) is 11.3 Å². The molecule has 10 heteroatoms. The third-order valence-electron chi connectivity index (χ3n) is 4.41. The van der Waals surface area contributed by atoms with E-state index >= 15 is 0 Å². The summed E-state index contributed by atoms with van der Waals surface area (Å²) in [5.41, 5.74) is 1.86. The molecule has 0 unspecified atom stereocenters. The van der Waals surface area contributed by atoms with E-state index in [4.69, 9.17) is 37.4 Å². The molecule has 1 aromatic heterocycles. The molecule has 1 atom stereocenters. The van der Waals surface area contributed by atoms with E-state index in [2.05, 4.69) is 15.4 Å². The van der Waals surface area contributed by atoms with Gasteiger partial charge in [0.25, 0.3) is 0 Å². The van der Waals surface area contributed by atoms with E-state index in [0.717, 1.165) is 5.56 Å². The number of hydrogen-bond donors (Lipinski definition) is 1. The average Bonchev–Trinajstić information content (AvgIpc) is 3.28. The van der Waals surface area contributed by atoms with E-state index in [-0.39, 0.29) is 0 Å². The van der Waals surface area contributed by atoms with Gasteiger partial charge < -0.3 is 19.5 Å². The summed E-state index contributed by atoms with van der Waals surface area (Å²) < 4.78 is 17.6. The second kappa shape index (κ2) is 7.81. The van der Waals surface area contributed by atoms with E-state index in [1.54, 1.807) is 35.3 Å². The van der Waals surface area contributed by atoms with Crippen LogP contribution in [0.15, 0.2) is 36.7 Å². The Hall–Kier alpha value is -2.97. The Morgan fingerprint density at radius 2 is 2.00 bits per heavy atom. The van der Waals surface area contributed by atoms with Crippen LogP contribution in [0.3, 0.4) is 0 Å². The van der Waals surface area contributed by atoms with Crippen LogP contribution >= 0.6 is 23.2 Å². The number of ether oxygens (including phenoxy) is 3. The van der Waals surface area contributed by atoms with Crippen LogP contribution < -0.4 is 14.8 Å². The van der Waals surface area contributed by atoms with Gasteiger partial charge in [-0.1, -0.05) is 29.3 Å². The van der Waals surface area contributed by atoms with Crippen LogP contribution in [-0.4, -0.2) is 35.0 Å². The zero-order valence-electron chi connectivity index (χ0n) is 15.5. The summed E-state index contributed by atoms with van der Waals surface area (Å²) in [4.78, 5) is 16.6. The molecule has 0 amide bonds. The lowest BCUT2D eigenvalue weighted by molar-refractivity contribution is 0.0434. The van der Waals surface area contributed by atoms with E-state index in [9.17, 15) is 4.79 Å². The topological polar surface area (TPSA) is 87.5 Å². The Bertz CT molecular complexity index is 1090. The third kappa shape index (κ3) is 3.68. The second-order valence-electron chi connectivity index (χ2n) is 6.21. The van der Waals surface area contributed by atoms with Gasteiger partial charge in [0.2, 0.25) is 12.2 Å². The van der Waals surface area contributed by atoms with Crippen molar-refractivity contribution >= 4 is 35.1 Å². The first kappa shape index (κ1) is 19.4. The molecule has 4 rings (SSSR count). The minimum absolute atomic E-state index is 0.311. The van der Waals surface area contributed by atoms with Crippen molar-refractivity contribution < 1.29 is 19.0 Å². The Kier molecular flexibility index (Phi) is 5.21. The van der Waals surface area contributed by atoms with Gasteiger partial charge >= 0.3 is 5.97 Å². The molecule has 0 saturated carbocycles. The number of methoxy groups -OCH3 is 2. The minimum Gasteiger partial charge on any atom is -0.493 e. The number of benzene rings is 2. The SMILES string of the molecule is COc1ccc2c(c1OC)C(=O)O[C@@H]2Nc1ncn(Cc2ccc(Cl)c(Cl)c2)n1. The molecule has 0 saturated heterocycles. The maximum absolute atomic E-state index is 12.4. The highest BCUT2D eigenvalue weighted by Gasteiger charge is 2.36. The molecule has 2 heterocycles. The highest BCUT2D eigenvalue weighted by molar-refractivity contribution is 6.42. The van der Waals surface area contributed by atoms with Gasteiger partial charge in [0, 0.05) is 5.56 Å². The number of carbonyl (C=O) groups excluding carboxylic acids is 1. The number of hydrogen-bond acceptors (Lipinski definition) is 7. The van der Waals surface area contributed by atoms with Crippen LogP contribution in [0.4, 0.5) is 5.95 Å². The summed E-state index contributed by atoms with van der Waals surface area (Å²) in [5, 5.41) is 8.34. The fourth-order valence-corrected chi connectivity index (χ4v) is 3.41. The Morgan fingerprint density at radius 3 is 2.72 bits per heavy atom. The van der Waals surface area contributed by atoms with Crippen molar-refractivity contribution in [2.45, 2.75) is 12.8 Å². The first-order valence-corrected chi connectivity index (χ1v) is 9.31. The largest absolute Gasteiger partial charge is 0.493 e. The molecule has 29 heavy (non-hydrogen) atoms. The number of anilines is 1. The minimum atomic E-state index is -0.738. The molecule has 0 fully saturated rings. The van der Waals surface area contributed by atoms with Crippen LogP contribution in [0, 0.1) is 0 Å². The standard InChI is InChI=1S/C19H16Cl2N4O4/c1-27-14-6-4-11-15(16(14)28-2)18(26)29-17(11)23-19-22-9-25(24-19)8-10-3-5-12(20)13(21)7-10/h3-7,9,17H,8H2,1-2H3,(H,23,24)/t17-/m0/s1. The maximum Gasteiger partial charge on any atom is 0.344 e. The van der Waals surface area contributed by atoms with Crippen molar-refractivity contribution in [2.75, 3.05) is 19.5 Å². The summed E-state index contributed by atoms with van der Waals surface area (Å²) in [6.07, 6.45) is 0.829. The number of carbonyl (C=O) groups is 1. The number of nitrogens with one attached hydrogen (secondary N) is 1. The number of nitrogens with zero attached hydrogens (tertiary/aromatic N) is 3. The molecular weight excluding hydrogens is 419 g/mol. The van der Waals surface area contributed by atoms with Gasteiger partial charge in [0.15, 0.2) is 11.5 Å².